The van der Waals surface area contributed by atoms with Gasteiger partial charge in [-0.25, -0.2) is 0 Å². The predicted molar refractivity (Wildman–Crippen MR) is 81.2 cm³/mol. The van der Waals surface area contributed by atoms with Crippen molar-refractivity contribution in [3.05, 3.63) is 56.9 Å². The van der Waals surface area contributed by atoms with Gasteiger partial charge in [0.1, 0.15) is 11.6 Å². The number of aliphatic imine (C=N–C) groups is 1. The number of nitrogens with zero attached hydrogens (tertiary/aromatic N) is 3. The molecule has 5 heteroatoms. The maximum Gasteiger partial charge on any atom is 0.271 e. The summed E-state index contributed by atoms with van der Waals surface area (Å²) in [5, 5.41) is 19.2. The summed E-state index contributed by atoms with van der Waals surface area (Å²) in [6.07, 6.45) is 1.48. The topological polar surface area (TPSA) is 78.4 Å². The van der Waals surface area contributed by atoms with Gasteiger partial charge in [-0.1, -0.05) is 18.2 Å². The molecule has 2 aromatic rings. The molecule has 0 amide bonds. The maximum absolute atomic E-state index is 11.9. The molecule has 0 spiro atoms. The highest BCUT2D eigenvalue weighted by Crippen LogP contribution is 2.21. The zero-order chi connectivity index (χ0) is 15.6. The Balaban J connectivity index is 2.61. The molecule has 0 aliphatic heterocycles. The fourth-order valence-corrected chi connectivity index (χ4v) is 2.04. The minimum absolute atomic E-state index is 0.0153. The summed E-state index contributed by atoms with van der Waals surface area (Å²) in [6, 6.07) is 9.44. The molecule has 1 N–H and O–H groups in total. The molecular weight excluding hydrogens is 266 g/mol. The number of rotatable bonds is 2. The van der Waals surface area contributed by atoms with E-state index in [1.54, 1.807) is 6.92 Å². The van der Waals surface area contributed by atoms with Crippen LogP contribution >= 0.6 is 0 Å². The number of hydrogen-bond donors (Lipinski definition) is 1. The lowest BCUT2D eigenvalue weighted by atomic mass is 10.1. The van der Waals surface area contributed by atoms with Gasteiger partial charge < -0.3 is 5.11 Å². The zero-order valence-corrected chi connectivity index (χ0v) is 12.1. The van der Waals surface area contributed by atoms with Gasteiger partial charge in [0.2, 0.25) is 5.88 Å². The van der Waals surface area contributed by atoms with Crippen molar-refractivity contribution in [2.45, 2.75) is 13.8 Å². The molecule has 0 aliphatic carbocycles. The van der Waals surface area contributed by atoms with Crippen LogP contribution in [0.2, 0.25) is 0 Å². The van der Waals surface area contributed by atoms with Crippen LogP contribution in [-0.2, 0) is 7.05 Å². The molecule has 0 saturated carbocycles. The fourth-order valence-electron chi connectivity index (χ4n) is 2.04. The second-order valence-corrected chi connectivity index (χ2v) is 4.76. The predicted octanol–water partition coefficient (Wildman–Crippen LogP) is 2.33. The Bertz CT molecular complexity index is 827. The number of nitriles is 1. The molecule has 0 aliphatic rings. The molecule has 0 fully saturated rings. The van der Waals surface area contributed by atoms with Crippen molar-refractivity contribution < 1.29 is 5.11 Å². The summed E-state index contributed by atoms with van der Waals surface area (Å²) < 4.78 is 1.05. The van der Waals surface area contributed by atoms with E-state index >= 15 is 0 Å². The van der Waals surface area contributed by atoms with Gasteiger partial charge in [0.15, 0.2) is 0 Å². The molecule has 1 aromatic heterocycles. The van der Waals surface area contributed by atoms with Gasteiger partial charge in [-0.2, -0.15) is 5.26 Å². The molecule has 1 heterocycles. The first-order valence-electron chi connectivity index (χ1n) is 6.39. The van der Waals surface area contributed by atoms with E-state index in [0.717, 1.165) is 15.8 Å². The number of hydrogen-bond acceptors (Lipinski definition) is 4. The van der Waals surface area contributed by atoms with Crippen LogP contribution in [0, 0.1) is 25.2 Å². The first-order valence-corrected chi connectivity index (χ1v) is 6.39. The Morgan fingerprint density at radius 1 is 1.33 bits per heavy atom. The molecule has 0 atom stereocenters. The van der Waals surface area contributed by atoms with Crippen LogP contribution < -0.4 is 5.56 Å². The van der Waals surface area contributed by atoms with Gasteiger partial charge in [-0.3, -0.25) is 14.4 Å². The van der Waals surface area contributed by atoms with Crippen molar-refractivity contribution in [2.75, 3.05) is 0 Å². The highest BCUT2D eigenvalue weighted by atomic mass is 16.3. The average Bonchev–Trinajstić information content (AvgIpc) is 2.47. The van der Waals surface area contributed by atoms with Gasteiger partial charge in [-0.05, 0) is 31.0 Å². The lowest BCUT2D eigenvalue weighted by molar-refractivity contribution is 0.421. The van der Waals surface area contributed by atoms with Crippen molar-refractivity contribution in [2.24, 2.45) is 12.0 Å². The minimum Gasteiger partial charge on any atom is -0.494 e. The number of aryl methyl sites for hydroxylation is 1. The lowest BCUT2D eigenvalue weighted by Gasteiger charge is -2.09. The molecule has 0 radical (unpaired) electrons. The normalized spacial score (nSPS) is 10.8. The number of pyridine rings is 1. The van der Waals surface area contributed by atoms with Crippen LogP contribution in [0.1, 0.15) is 22.3 Å². The summed E-state index contributed by atoms with van der Waals surface area (Å²) in [4.78, 5) is 16.2. The van der Waals surface area contributed by atoms with Gasteiger partial charge >= 0.3 is 0 Å². The van der Waals surface area contributed by atoms with Crippen molar-refractivity contribution in [3.8, 4) is 11.9 Å². The number of aromatic hydroxyl groups is 1. The highest BCUT2D eigenvalue weighted by molar-refractivity contribution is 5.87. The number of benzene rings is 1. The molecule has 0 saturated heterocycles. The van der Waals surface area contributed by atoms with Crippen LogP contribution in [0.4, 0.5) is 5.69 Å². The summed E-state index contributed by atoms with van der Waals surface area (Å²) in [5.41, 5.74) is 2.06. The Hall–Kier alpha value is -2.87. The van der Waals surface area contributed by atoms with Crippen LogP contribution in [0.5, 0.6) is 5.88 Å². The molecule has 0 bridgehead atoms. The first-order chi connectivity index (χ1) is 9.97. The molecule has 106 valence electrons. The number of para-hydroxylation sites is 1. The maximum atomic E-state index is 11.9. The van der Waals surface area contributed by atoms with E-state index in [1.807, 2.05) is 37.3 Å². The monoisotopic (exact) mass is 281 g/mol. The Kier molecular flexibility index (Phi) is 3.90. The smallest absolute Gasteiger partial charge is 0.271 e. The SMILES string of the molecule is Cc1ccccc1N=Cc1c(C)c(C#N)c(=O)n(C)c1O. The third-order valence-electron chi connectivity index (χ3n) is 3.42. The quantitative estimate of drug-likeness (QED) is 0.858. The van der Waals surface area contributed by atoms with Crippen molar-refractivity contribution >= 4 is 11.9 Å². The molecular formula is C16H15N3O2. The van der Waals surface area contributed by atoms with Gasteiger partial charge in [0, 0.05) is 13.3 Å². The third-order valence-corrected chi connectivity index (χ3v) is 3.42. The summed E-state index contributed by atoms with van der Waals surface area (Å²) in [7, 11) is 1.42. The van der Waals surface area contributed by atoms with Crippen molar-refractivity contribution in [1.82, 2.24) is 4.57 Å². The second-order valence-electron chi connectivity index (χ2n) is 4.76. The molecule has 0 unspecified atom stereocenters. The molecule has 1 aromatic carbocycles. The number of aromatic nitrogens is 1. The molecule has 21 heavy (non-hydrogen) atoms. The largest absolute Gasteiger partial charge is 0.494 e. The van der Waals surface area contributed by atoms with Crippen molar-refractivity contribution in [1.29, 1.82) is 5.26 Å². The van der Waals surface area contributed by atoms with E-state index in [1.165, 1.54) is 13.3 Å². The highest BCUT2D eigenvalue weighted by Gasteiger charge is 2.15. The van der Waals surface area contributed by atoms with E-state index in [-0.39, 0.29) is 11.4 Å². The minimum atomic E-state index is -0.513. The van der Waals surface area contributed by atoms with Gasteiger partial charge in [0.05, 0.1) is 11.3 Å². The van der Waals surface area contributed by atoms with Crippen LogP contribution in [0.3, 0.4) is 0 Å². The third kappa shape index (κ3) is 2.56. The lowest BCUT2D eigenvalue weighted by Crippen LogP contribution is -2.22. The van der Waals surface area contributed by atoms with Crippen molar-refractivity contribution in [3.63, 3.8) is 0 Å². The van der Waals surface area contributed by atoms with E-state index in [9.17, 15) is 9.90 Å². The standard InChI is InChI=1S/C16H15N3O2/c1-10-6-4-5-7-14(10)18-9-13-11(2)12(8-17)15(20)19(3)16(13)21/h4-7,9,21H,1-3H3. The van der Waals surface area contributed by atoms with Crippen LogP contribution in [0.25, 0.3) is 0 Å². The molecule has 5 nitrogen and oxygen atoms in total. The Morgan fingerprint density at radius 3 is 2.62 bits per heavy atom. The second kappa shape index (κ2) is 5.63. The summed E-state index contributed by atoms with van der Waals surface area (Å²) in [5.74, 6) is -0.200. The summed E-state index contributed by atoms with van der Waals surface area (Å²) in [6.45, 7) is 3.56. The van der Waals surface area contributed by atoms with E-state index in [4.69, 9.17) is 5.26 Å². The van der Waals surface area contributed by atoms with E-state index < -0.39 is 5.56 Å². The Morgan fingerprint density at radius 2 is 2.00 bits per heavy atom. The summed E-state index contributed by atoms with van der Waals surface area (Å²) >= 11 is 0. The Labute approximate surface area is 122 Å². The van der Waals surface area contributed by atoms with Gasteiger partial charge in [0.25, 0.3) is 5.56 Å². The van der Waals surface area contributed by atoms with Crippen LogP contribution in [0.15, 0.2) is 34.1 Å². The van der Waals surface area contributed by atoms with E-state index in [0.29, 0.717) is 11.1 Å². The first kappa shape index (κ1) is 14.5. The zero-order valence-electron chi connectivity index (χ0n) is 12.1. The van der Waals surface area contributed by atoms with Gasteiger partial charge in [-0.15, -0.1) is 0 Å². The van der Waals surface area contributed by atoms with E-state index in [2.05, 4.69) is 4.99 Å². The molecule has 2 rings (SSSR count). The van der Waals surface area contributed by atoms with Crippen LogP contribution in [-0.4, -0.2) is 15.9 Å². The fraction of sp³-hybridized carbons (Fsp3) is 0.188. The average molecular weight is 281 g/mol.